The molecule has 0 aliphatic heterocycles. The number of oxazole rings is 1. The quantitative estimate of drug-likeness (QED) is 0.728. The number of fused-ring (bicyclic) bond motifs is 1. The van der Waals surface area contributed by atoms with Crippen LogP contribution in [-0.4, -0.2) is 15.9 Å². The first-order chi connectivity index (χ1) is 9.61. The molecule has 3 rings (SSSR count). The van der Waals surface area contributed by atoms with Crippen molar-refractivity contribution < 1.29 is 13.6 Å². The number of hydrogen-bond acceptors (Lipinski definition) is 4. The molecule has 5 nitrogen and oxygen atoms in total. The third kappa shape index (κ3) is 2.35. The van der Waals surface area contributed by atoms with E-state index in [0.717, 1.165) is 0 Å². The zero-order valence-corrected chi connectivity index (χ0v) is 10.6. The van der Waals surface area contributed by atoms with Gasteiger partial charge in [0.15, 0.2) is 11.5 Å². The van der Waals surface area contributed by atoms with Crippen molar-refractivity contribution in [3.63, 3.8) is 0 Å². The number of benzene rings is 1. The van der Waals surface area contributed by atoms with Gasteiger partial charge in [-0.1, -0.05) is 6.07 Å². The van der Waals surface area contributed by atoms with Crippen molar-refractivity contribution in [2.24, 2.45) is 0 Å². The maximum Gasteiger partial charge on any atom is 0.274 e. The van der Waals surface area contributed by atoms with E-state index in [2.05, 4.69) is 15.3 Å². The predicted molar refractivity (Wildman–Crippen MR) is 70.9 cm³/mol. The lowest BCUT2D eigenvalue weighted by Crippen LogP contribution is -2.14. The Hall–Kier alpha value is -2.76. The number of hydrogen-bond donors (Lipinski definition) is 1. The van der Waals surface area contributed by atoms with E-state index in [1.807, 2.05) is 0 Å². The summed E-state index contributed by atoms with van der Waals surface area (Å²) in [5, 5.41) is 2.64. The maximum absolute atomic E-state index is 13.0. The van der Waals surface area contributed by atoms with Crippen LogP contribution in [0.5, 0.6) is 0 Å². The molecule has 0 saturated heterocycles. The first-order valence-electron chi connectivity index (χ1n) is 5.93. The van der Waals surface area contributed by atoms with Crippen molar-refractivity contribution in [1.82, 2.24) is 9.97 Å². The Morgan fingerprint density at radius 2 is 2.10 bits per heavy atom. The van der Waals surface area contributed by atoms with E-state index in [1.54, 1.807) is 25.1 Å². The molecule has 1 aromatic carbocycles. The first kappa shape index (κ1) is 12.3. The Bertz CT molecular complexity index is 798. The highest BCUT2D eigenvalue weighted by Crippen LogP contribution is 2.20. The normalized spacial score (nSPS) is 10.7. The Morgan fingerprint density at radius 1 is 1.25 bits per heavy atom. The van der Waals surface area contributed by atoms with Gasteiger partial charge >= 0.3 is 0 Å². The molecule has 1 N–H and O–H groups in total. The van der Waals surface area contributed by atoms with Crippen molar-refractivity contribution in [1.29, 1.82) is 0 Å². The lowest BCUT2D eigenvalue weighted by atomic mass is 10.2. The van der Waals surface area contributed by atoms with Crippen LogP contribution in [0.4, 0.5) is 10.1 Å². The minimum atomic E-state index is -0.694. The summed E-state index contributed by atoms with van der Waals surface area (Å²) >= 11 is 0. The molecule has 1 amide bonds. The summed E-state index contributed by atoms with van der Waals surface area (Å²) in [5.41, 5.74) is 1.85. The number of rotatable bonds is 2. The van der Waals surface area contributed by atoms with E-state index in [9.17, 15) is 9.18 Å². The van der Waals surface area contributed by atoms with E-state index in [-0.39, 0.29) is 5.69 Å². The standard InChI is InChI=1S/C14H10FN3O2/c1-8-16-11-7-9(5-6-12(11)20-8)17-14(19)10-3-2-4-13(15)18-10/h2-7H,1H3,(H,17,19). The third-order valence-corrected chi connectivity index (χ3v) is 2.70. The molecular formula is C14H10FN3O2. The summed E-state index contributed by atoms with van der Waals surface area (Å²) < 4.78 is 18.3. The van der Waals surface area contributed by atoms with Gasteiger partial charge in [-0.25, -0.2) is 9.97 Å². The van der Waals surface area contributed by atoms with Gasteiger partial charge in [0.25, 0.3) is 5.91 Å². The van der Waals surface area contributed by atoms with E-state index in [0.29, 0.717) is 22.7 Å². The highest BCUT2D eigenvalue weighted by Gasteiger charge is 2.10. The second kappa shape index (κ2) is 4.73. The van der Waals surface area contributed by atoms with Gasteiger partial charge < -0.3 is 9.73 Å². The number of amides is 1. The number of nitrogens with one attached hydrogen (secondary N) is 1. The lowest BCUT2D eigenvalue weighted by Gasteiger charge is -2.04. The fourth-order valence-corrected chi connectivity index (χ4v) is 1.85. The molecule has 0 unspecified atom stereocenters. The molecule has 0 bridgehead atoms. The van der Waals surface area contributed by atoms with Gasteiger partial charge in [-0.3, -0.25) is 4.79 Å². The Balaban J connectivity index is 1.87. The van der Waals surface area contributed by atoms with E-state index < -0.39 is 11.9 Å². The summed E-state index contributed by atoms with van der Waals surface area (Å²) in [7, 11) is 0. The monoisotopic (exact) mass is 271 g/mol. The van der Waals surface area contributed by atoms with Crippen LogP contribution in [-0.2, 0) is 0 Å². The molecule has 0 atom stereocenters. The van der Waals surface area contributed by atoms with Crippen molar-refractivity contribution in [3.8, 4) is 0 Å². The SMILES string of the molecule is Cc1nc2cc(NC(=O)c3cccc(F)n3)ccc2o1. The fraction of sp³-hybridized carbons (Fsp3) is 0.0714. The molecule has 20 heavy (non-hydrogen) atoms. The molecule has 6 heteroatoms. The first-order valence-corrected chi connectivity index (χ1v) is 5.93. The van der Waals surface area contributed by atoms with Gasteiger partial charge in [-0.05, 0) is 30.3 Å². The third-order valence-electron chi connectivity index (χ3n) is 2.70. The fourth-order valence-electron chi connectivity index (χ4n) is 1.85. The van der Waals surface area contributed by atoms with Crippen LogP contribution in [0.2, 0.25) is 0 Å². The summed E-state index contributed by atoms with van der Waals surface area (Å²) in [6.07, 6.45) is 0. The molecule has 100 valence electrons. The number of pyridine rings is 1. The molecule has 2 aromatic heterocycles. The summed E-state index contributed by atoms with van der Waals surface area (Å²) in [6.45, 7) is 1.74. The summed E-state index contributed by atoms with van der Waals surface area (Å²) in [6, 6.07) is 9.14. The average Bonchev–Trinajstić information content (AvgIpc) is 2.78. The number of carbonyl (C=O) groups excluding carboxylic acids is 1. The van der Waals surface area contributed by atoms with Crippen molar-refractivity contribution >= 4 is 22.7 Å². The van der Waals surface area contributed by atoms with Gasteiger partial charge in [0.1, 0.15) is 11.2 Å². The molecular weight excluding hydrogens is 261 g/mol. The number of anilines is 1. The maximum atomic E-state index is 13.0. The number of carbonyl (C=O) groups is 1. The highest BCUT2D eigenvalue weighted by molar-refractivity contribution is 6.03. The molecule has 0 aliphatic rings. The molecule has 3 aromatic rings. The second-order valence-electron chi connectivity index (χ2n) is 4.22. The van der Waals surface area contributed by atoms with E-state index in [1.165, 1.54) is 18.2 Å². The number of aromatic nitrogens is 2. The summed E-state index contributed by atoms with van der Waals surface area (Å²) in [5.74, 6) is -0.625. The van der Waals surface area contributed by atoms with Crippen molar-refractivity contribution in [2.75, 3.05) is 5.32 Å². The average molecular weight is 271 g/mol. The Morgan fingerprint density at radius 3 is 2.90 bits per heavy atom. The molecule has 0 radical (unpaired) electrons. The van der Waals surface area contributed by atoms with Gasteiger partial charge in [-0.15, -0.1) is 0 Å². The molecule has 0 spiro atoms. The number of halogens is 1. The van der Waals surface area contributed by atoms with Crippen LogP contribution in [0.25, 0.3) is 11.1 Å². The minimum absolute atomic E-state index is 0.0152. The number of aryl methyl sites for hydroxylation is 1. The highest BCUT2D eigenvalue weighted by atomic mass is 19.1. The van der Waals surface area contributed by atoms with Gasteiger partial charge in [0.05, 0.1) is 0 Å². The van der Waals surface area contributed by atoms with Gasteiger partial charge in [0, 0.05) is 12.6 Å². The van der Waals surface area contributed by atoms with Crippen molar-refractivity contribution in [3.05, 3.63) is 53.9 Å². The molecule has 0 aliphatic carbocycles. The molecule has 0 saturated carbocycles. The predicted octanol–water partition coefficient (Wildman–Crippen LogP) is 2.92. The van der Waals surface area contributed by atoms with Crippen LogP contribution < -0.4 is 5.32 Å². The van der Waals surface area contributed by atoms with Crippen LogP contribution in [0.3, 0.4) is 0 Å². The van der Waals surface area contributed by atoms with E-state index in [4.69, 9.17) is 4.42 Å². The smallest absolute Gasteiger partial charge is 0.274 e. The summed E-state index contributed by atoms with van der Waals surface area (Å²) in [4.78, 5) is 19.6. The Kier molecular flexibility index (Phi) is 2.90. The zero-order chi connectivity index (χ0) is 14.1. The minimum Gasteiger partial charge on any atom is -0.441 e. The van der Waals surface area contributed by atoms with Crippen LogP contribution in [0.1, 0.15) is 16.4 Å². The van der Waals surface area contributed by atoms with Crippen molar-refractivity contribution in [2.45, 2.75) is 6.92 Å². The largest absolute Gasteiger partial charge is 0.441 e. The van der Waals surface area contributed by atoms with E-state index >= 15 is 0 Å². The topological polar surface area (TPSA) is 68.0 Å². The van der Waals surface area contributed by atoms with Gasteiger partial charge in [0.2, 0.25) is 5.95 Å². The van der Waals surface area contributed by atoms with Crippen LogP contribution >= 0.6 is 0 Å². The van der Waals surface area contributed by atoms with Crippen LogP contribution in [0, 0.1) is 12.9 Å². The Labute approximate surface area is 113 Å². The lowest BCUT2D eigenvalue weighted by molar-refractivity contribution is 0.102. The molecule has 2 heterocycles. The van der Waals surface area contributed by atoms with Crippen LogP contribution in [0.15, 0.2) is 40.8 Å². The molecule has 0 fully saturated rings. The zero-order valence-electron chi connectivity index (χ0n) is 10.6. The van der Waals surface area contributed by atoms with Gasteiger partial charge in [-0.2, -0.15) is 4.39 Å². The number of nitrogens with zero attached hydrogens (tertiary/aromatic N) is 2. The second-order valence-corrected chi connectivity index (χ2v) is 4.22.